The molecule has 0 saturated carbocycles. The molecule has 0 saturated heterocycles. The second kappa shape index (κ2) is 7.50. The van der Waals surface area contributed by atoms with Crippen molar-refractivity contribution in [3.8, 4) is 0 Å². The van der Waals surface area contributed by atoms with Crippen molar-refractivity contribution < 1.29 is 0 Å². The number of benzene rings is 1. The Bertz CT molecular complexity index is 292. The van der Waals surface area contributed by atoms with E-state index in [1.807, 2.05) is 0 Å². The van der Waals surface area contributed by atoms with Crippen LogP contribution in [0, 0.1) is 11.8 Å². The minimum atomic E-state index is 0.593. The highest BCUT2D eigenvalue weighted by atomic mass is 14.9. The summed E-state index contributed by atoms with van der Waals surface area (Å²) < 4.78 is 0. The van der Waals surface area contributed by atoms with Gasteiger partial charge in [-0.15, -0.1) is 0 Å². The van der Waals surface area contributed by atoms with E-state index in [0.717, 1.165) is 12.5 Å². The Labute approximate surface area is 107 Å². The zero-order chi connectivity index (χ0) is 12.7. The van der Waals surface area contributed by atoms with Crippen LogP contribution in [0.3, 0.4) is 0 Å². The van der Waals surface area contributed by atoms with Crippen molar-refractivity contribution in [2.24, 2.45) is 11.8 Å². The fourth-order valence-electron chi connectivity index (χ4n) is 2.40. The minimum Gasteiger partial charge on any atom is -0.314 e. The fraction of sp³-hybridized carbons (Fsp3) is 0.625. The maximum absolute atomic E-state index is 3.63. The molecule has 1 aromatic rings. The number of hydrogen-bond acceptors (Lipinski definition) is 1. The van der Waals surface area contributed by atoms with Crippen LogP contribution in [0.15, 0.2) is 30.3 Å². The van der Waals surface area contributed by atoms with Gasteiger partial charge >= 0.3 is 0 Å². The second-order valence-electron chi connectivity index (χ2n) is 5.34. The lowest BCUT2D eigenvalue weighted by molar-refractivity contribution is 0.289. The molecule has 0 aliphatic carbocycles. The molecule has 0 radical (unpaired) electrons. The van der Waals surface area contributed by atoms with Crippen molar-refractivity contribution >= 4 is 0 Å². The first-order chi connectivity index (χ1) is 8.15. The van der Waals surface area contributed by atoms with Crippen molar-refractivity contribution in [3.63, 3.8) is 0 Å². The maximum atomic E-state index is 3.63. The largest absolute Gasteiger partial charge is 0.314 e. The molecule has 1 nitrogen and oxygen atoms in total. The normalized spacial score (nSPS) is 14.9. The zero-order valence-electron chi connectivity index (χ0n) is 11.7. The van der Waals surface area contributed by atoms with E-state index >= 15 is 0 Å². The van der Waals surface area contributed by atoms with Gasteiger partial charge in [0, 0.05) is 6.04 Å². The standard InChI is InChI=1S/C16H27N/c1-5-11-17-14(4)16(13(2)3)12-15-9-7-6-8-10-15/h6-10,13-14,16-17H,5,11-12H2,1-4H3. The van der Waals surface area contributed by atoms with E-state index in [2.05, 4.69) is 63.3 Å². The minimum absolute atomic E-state index is 0.593. The van der Waals surface area contributed by atoms with E-state index in [-0.39, 0.29) is 0 Å². The molecule has 0 amide bonds. The number of hydrogen-bond donors (Lipinski definition) is 1. The summed E-state index contributed by atoms with van der Waals surface area (Å²) in [6, 6.07) is 11.4. The van der Waals surface area contributed by atoms with E-state index in [0.29, 0.717) is 12.0 Å². The van der Waals surface area contributed by atoms with E-state index < -0.39 is 0 Å². The molecule has 1 N–H and O–H groups in total. The lowest BCUT2D eigenvalue weighted by Gasteiger charge is -2.28. The highest BCUT2D eigenvalue weighted by molar-refractivity contribution is 5.15. The van der Waals surface area contributed by atoms with Gasteiger partial charge in [-0.2, -0.15) is 0 Å². The smallest absolute Gasteiger partial charge is 0.00726 e. The van der Waals surface area contributed by atoms with Crippen molar-refractivity contribution in [2.75, 3.05) is 6.54 Å². The summed E-state index contributed by atoms with van der Waals surface area (Å²) in [7, 11) is 0. The molecular weight excluding hydrogens is 206 g/mol. The predicted molar refractivity (Wildman–Crippen MR) is 76.2 cm³/mol. The predicted octanol–water partition coefficient (Wildman–Crippen LogP) is 3.89. The van der Waals surface area contributed by atoms with Gasteiger partial charge in [-0.1, -0.05) is 51.1 Å². The second-order valence-corrected chi connectivity index (χ2v) is 5.34. The molecular formula is C16H27N. The van der Waals surface area contributed by atoms with Crippen molar-refractivity contribution in [1.29, 1.82) is 0 Å². The lowest BCUT2D eigenvalue weighted by Crippen LogP contribution is -2.37. The fourth-order valence-corrected chi connectivity index (χ4v) is 2.40. The van der Waals surface area contributed by atoms with E-state index in [9.17, 15) is 0 Å². The van der Waals surface area contributed by atoms with Crippen molar-refractivity contribution in [3.05, 3.63) is 35.9 Å². The Kier molecular flexibility index (Phi) is 6.28. The summed E-state index contributed by atoms with van der Waals surface area (Å²) in [6.07, 6.45) is 2.39. The van der Waals surface area contributed by atoms with Crippen molar-refractivity contribution in [2.45, 2.75) is 46.6 Å². The van der Waals surface area contributed by atoms with Gasteiger partial charge in [0.05, 0.1) is 0 Å². The molecule has 1 aromatic carbocycles. The van der Waals surface area contributed by atoms with Gasteiger partial charge in [0.1, 0.15) is 0 Å². The van der Waals surface area contributed by atoms with Gasteiger partial charge in [-0.05, 0) is 43.7 Å². The third-order valence-corrected chi connectivity index (χ3v) is 3.53. The number of rotatable bonds is 7. The summed E-state index contributed by atoms with van der Waals surface area (Å²) in [4.78, 5) is 0. The van der Waals surface area contributed by atoms with E-state index in [1.54, 1.807) is 0 Å². The molecule has 0 aliphatic heterocycles. The van der Waals surface area contributed by atoms with Crippen LogP contribution in [0.4, 0.5) is 0 Å². The molecule has 96 valence electrons. The third-order valence-electron chi connectivity index (χ3n) is 3.53. The summed E-state index contributed by atoms with van der Waals surface area (Å²) >= 11 is 0. The molecule has 2 unspecified atom stereocenters. The van der Waals surface area contributed by atoms with Crippen molar-refractivity contribution in [1.82, 2.24) is 5.32 Å². The quantitative estimate of drug-likeness (QED) is 0.753. The van der Waals surface area contributed by atoms with Crippen LogP contribution in [-0.2, 0) is 6.42 Å². The van der Waals surface area contributed by atoms with Gasteiger partial charge in [0.15, 0.2) is 0 Å². The summed E-state index contributed by atoms with van der Waals surface area (Å²) in [5.74, 6) is 1.43. The van der Waals surface area contributed by atoms with Crippen LogP contribution in [0.2, 0.25) is 0 Å². The van der Waals surface area contributed by atoms with Crippen LogP contribution in [0.5, 0.6) is 0 Å². The van der Waals surface area contributed by atoms with Gasteiger partial charge in [-0.3, -0.25) is 0 Å². The number of nitrogens with one attached hydrogen (secondary N) is 1. The maximum Gasteiger partial charge on any atom is 0.00726 e. The molecule has 17 heavy (non-hydrogen) atoms. The first-order valence-electron chi connectivity index (χ1n) is 6.92. The summed E-state index contributed by atoms with van der Waals surface area (Å²) in [6.45, 7) is 10.3. The molecule has 0 fully saturated rings. The van der Waals surface area contributed by atoms with Gasteiger partial charge in [-0.25, -0.2) is 0 Å². The molecule has 0 bridgehead atoms. The van der Waals surface area contributed by atoms with Crippen LogP contribution in [0.1, 0.15) is 39.7 Å². The Balaban J connectivity index is 2.60. The molecule has 1 rings (SSSR count). The Morgan fingerprint density at radius 1 is 1.06 bits per heavy atom. The SMILES string of the molecule is CCCNC(C)C(Cc1ccccc1)C(C)C. The molecule has 0 aromatic heterocycles. The molecule has 0 heterocycles. The van der Waals surface area contributed by atoms with E-state index in [4.69, 9.17) is 0 Å². The molecule has 0 aliphatic rings. The Morgan fingerprint density at radius 3 is 2.24 bits per heavy atom. The average Bonchev–Trinajstić information content (AvgIpc) is 2.34. The molecule has 1 heteroatoms. The molecule has 0 spiro atoms. The Morgan fingerprint density at radius 2 is 1.71 bits per heavy atom. The zero-order valence-corrected chi connectivity index (χ0v) is 11.7. The van der Waals surface area contributed by atoms with Crippen LogP contribution in [0.25, 0.3) is 0 Å². The first-order valence-corrected chi connectivity index (χ1v) is 6.92. The van der Waals surface area contributed by atoms with Crippen LogP contribution in [-0.4, -0.2) is 12.6 Å². The van der Waals surface area contributed by atoms with Crippen LogP contribution >= 0.6 is 0 Å². The summed E-state index contributed by atoms with van der Waals surface area (Å²) in [5.41, 5.74) is 1.45. The topological polar surface area (TPSA) is 12.0 Å². The summed E-state index contributed by atoms with van der Waals surface area (Å²) in [5, 5.41) is 3.63. The van der Waals surface area contributed by atoms with E-state index in [1.165, 1.54) is 18.4 Å². The molecule has 2 atom stereocenters. The van der Waals surface area contributed by atoms with Gasteiger partial charge in [0.25, 0.3) is 0 Å². The van der Waals surface area contributed by atoms with Gasteiger partial charge < -0.3 is 5.32 Å². The monoisotopic (exact) mass is 233 g/mol. The third kappa shape index (κ3) is 4.91. The van der Waals surface area contributed by atoms with Gasteiger partial charge in [0.2, 0.25) is 0 Å². The van der Waals surface area contributed by atoms with Crippen LogP contribution < -0.4 is 5.32 Å². The first kappa shape index (κ1) is 14.2. The average molecular weight is 233 g/mol. The highest BCUT2D eigenvalue weighted by Crippen LogP contribution is 2.20. The lowest BCUT2D eigenvalue weighted by atomic mass is 9.84. The Hall–Kier alpha value is -0.820. The highest BCUT2D eigenvalue weighted by Gasteiger charge is 2.20.